The molecule has 1 saturated heterocycles. The van der Waals surface area contributed by atoms with E-state index in [-0.39, 0.29) is 0 Å². The molecule has 0 radical (unpaired) electrons. The molecule has 2 aliphatic rings. The van der Waals surface area contributed by atoms with Gasteiger partial charge in [-0.05, 0) is 49.2 Å². The molecule has 2 heterocycles. The van der Waals surface area contributed by atoms with Crippen molar-refractivity contribution in [3.05, 3.63) is 48.2 Å². The molecule has 1 unspecified atom stereocenters. The lowest BCUT2D eigenvalue weighted by molar-refractivity contribution is 0.219. The molecular formula is C18H25N3. The number of likely N-dealkylation sites (N-methyl/N-ethyl adjacent to an activating group) is 1. The summed E-state index contributed by atoms with van der Waals surface area (Å²) in [6.45, 7) is 6.86. The maximum Gasteiger partial charge on any atom is 0.0358 e. The van der Waals surface area contributed by atoms with Crippen molar-refractivity contribution in [2.45, 2.75) is 25.8 Å². The monoisotopic (exact) mass is 283 g/mol. The van der Waals surface area contributed by atoms with Crippen LogP contribution in [0.4, 0.5) is 5.69 Å². The van der Waals surface area contributed by atoms with E-state index < -0.39 is 0 Å². The van der Waals surface area contributed by atoms with Crippen molar-refractivity contribution in [2.75, 3.05) is 31.9 Å². The van der Waals surface area contributed by atoms with E-state index in [2.05, 4.69) is 47.2 Å². The molecule has 21 heavy (non-hydrogen) atoms. The van der Waals surface area contributed by atoms with Crippen molar-refractivity contribution >= 4 is 11.3 Å². The Bertz CT molecular complexity index is 530. The molecule has 3 rings (SSSR count). The van der Waals surface area contributed by atoms with Crippen molar-refractivity contribution < 1.29 is 0 Å². The number of nitrogen functional groups attached to an aromatic ring is 1. The molecule has 0 spiro atoms. The fourth-order valence-corrected chi connectivity index (χ4v) is 3.37. The minimum absolute atomic E-state index is 0.713. The maximum absolute atomic E-state index is 5.77. The van der Waals surface area contributed by atoms with E-state index in [4.69, 9.17) is 5.73 Å². The highest BCUT2D eigenvalue weighted by molar-refractivity contribution is 5.75. The summed E-state index contributed by atoms with van der Waals surface area (Å²) in [5.41, 5.74) is 9.11. The zero-order chi connectivity index (χ0) is 14.7. The fraction of sp³-hybridized carbons (Fsp3) is 0.444. The van der Waals surface area contributed by atoms with Crippen molar-refractivity contribution in [2.24, 2.45) is 0 Å². The lowest BCUT2D eigenvalue weighted by atomic mass is 10.0. The number of nitrogens with zero attached hydrogens (tertiary/aromatic N) is 2. The molecule has 2 aliphatic heterocycles. The summed E-state index contributed by atoms with van der Waals surface area (Å²) in [6, 6.07) is 8.86. The van der Waals surface area contributed by atoms with Crippen LogP contribution in [-0.2, 0) is 0 Å². The first-order valence-electron chi connectivity index (χ1n) is 7.98. The van der Waals surface area contributed by atoms with E-state index in [1.165, 1.54) is 37.1 Å². The summed E-state index contributed by atoms with van der Waals surface area (Å²) in [5, 5.41) is 0. The third-order valence-corrected chi connectivity index (χ3v) is 4.55. The topological polar surface area (TPSA) is 32.5 Å². The van der Waals surface area contributed by atoms with Crippen LogP contribution in [0.2, 0.25) is 0 Å². The zero-order valence-corrected chi connectivity index (χ0v) is 12.8. The Kier molecular flexibility index (Phi) is 4.30. The van der Waals surface area contributed by atoms with Crippen LogP contribution in [0.25, 0.3) is 5.57 Å². The fourth-order valence-electron chi connectivity index (χ4n) is 3.37. The number of hydrogen-bond donors (Lipinski definition) is 1. The zero-order valence-electron chi connectivity index (χ0n) is 12.8. The highest BCUT2D eigenvalue weighted by atomic mass is 15.2. The van der Waals surface area contributed by atoms with Gasteiger partial charge in [0, 0.05) is 31.0 Å². The van der Waals surface area contributed by atoms with Gasteiger partial charge in [0.2, 0.25) is 0 Å². The van der Waals surface area contributed by atoms with Gasteiger partial charge < -0.3 is 10.6 Å². The van der Waals surface area contributed by atoms with E-state index in [0.717, 1.165) is 18.8 Å². The number of nitrogens with two attached hydrogens (primary N) is 1. The van der Waals surface area contributed by atoms with Gasteiger partial charge in [-0.1, -0.05) is 31.2 Å². The Morgan fingerprint density at radius 1 is 1.24 bits per heavy atom. The molecule has 3 nitrogen and oxygen atoms in total. The van der Waals surface area contributed by atoms with Crippen LogP contribution in [0.15, 0.2) is 42.6 Å². The molecule has 0 bridgehead atoms. The Labute approximate surface area is 127 Å². The average Bonchev–Trinajstić information content (AvgIpc) is 2.95. The van der Waals surface area contributed by atoms with Crippen LogP contribution in [0.1, 0.15) is 25.3 Å². The first kappa shape index (κ1) is 14.2. The number of hydrogen-bond acceptors (Lipinski definition) is 3. The van der Waals surface area contributed by atoms with Crippen LogP contribution < -0.4 is 5.73 Å². The maximum atomic E-state index is 5.77. The summed E-state index contributed by atoms with van der Waals surface area (Å²) >= 11 is 0. The summed E-state index contributed by atoms with van der Waals surface area (Å²) < 4.78 is 0. The molecule has 1 aromatic carbocycles. The first-order valence-corrected chi connectivity index (χ1v) is 7.98. The third kappa shape index (κ3) is 3.30. The average molecular weight is 283 g/mol. The lowest BCUT2D eigenvalue weighted by Gasteiger charge is -2.30. The molecule has 112 valence electrons. The molecule has 1 fully saturated rings. The molecule has 0 aliphatic carbocycles. The van der Waals surface area contributed by atoms with Crippen LogP contribution in [0, 0.1) is 0 Å². The standard InChI is InChI=1S/C18H25N3/c1-2-21-12-4-6-18(21)14-20-11-3-5-16(13-20)15-7-9-17(19)10-8-15/h3,5,7-10,13,18H,2,4,6,11-12,14,19H2,1H3. The number of anilines is 1. The van der Waals surface area contributed by atoms with Crippen LogP contribution >= 0.6 is 0 Å². The smallest absolute Gasteiger partial charge is 0.0358 e. The first-order chi connectivity index (χ1) is 10.3. The van der Waals surface area contributed by atoms with Gasteiger partial charge in [0.1, 0.15) is 0 Å². The number of allylic oxidation sites excluding steroid dienone is 2. The Hall–Kier alpha value is -1.74. The molecule has 1 atom stereocenters. The van der Waals surface area contributed by atoms with Gasteiger partial charge in [-0.3, -0.25) is 4.90 Å². The van der Waals surface area contributed by atoms with Crippen molar-refractivity contribution in [3.8, 4) is 0 Å². The Morgan fingerprint density at radius 2 is 2.05 bits per heavy atom. The molecule has 2 N–H and O–H groups in total. The SMILES string of the molecule is CCN1CCCC1CN1C=C(c2ccc(N)cc2)C=CC1. The number of likely N-dealkylation sites (tertiary alicyclic amines) is 1. The van der Waals surface area contributed by atoms with Gasteiger partial charge >= 0.3 is 0 Å². The lowest BCUT2D eigenvalue weighted by Crippen LogP contribution is -2.38. The van der Waals surface area contributed by atoms with E-state index >= 15 is 0 Å². The van der Waals surface area contributed by atoms with Gasteiger partial charge in [-0.2, -0.15) is 0 Å². The minimum atomic E-state index is 0.713. The van der Waals surface area contributed by atoms with Gasteiger partial charge in [0.15, 0.2) is 0 Å². The predicted molar refractivity (Wildman–Crippen MR) is 89.8 cm³/mol. The molecule has 1 aromatic rings. The van der Waals surface area contributed by atoms with Crippen molar-refractivity contribution in [1.82, 2.24) is 9.80 Å². The molecule has 0 amide bonds. The summed E-state index contributed by atoms with van der Waals surface area (Å²) in [7, 11) is 0. The number of rotatable bonds is 4. The summed E-state index contributed by atoms with van der Waals surface area (Å²) in [5.74, 6) is 0. The summed E-state index contributed by atoms with van der Waals surface area (Å²) in [4.78, 5) is 5.05. The van der Waals surface area contributed by atoms with E-state index in [1.807, 2.05) is 12.1 Å². The Morgan fingerprint density at radius 3 is 2.81 bits per heavy atom. The minimum Gasteiger partial charge on any atom is -0.399 e. The molecule has 0 saturated carbocycles. The second-order valence-corrected chi connectivity index (χ2v) is 5.99. The van der Waals surface area contributed by atoms with E-state index in [0.29, 0.717) is 6.04 Å². The van der Waals surface area contributed by atoms with Gasteiger partial charge in [-0.15, -0.1) is 0 Å². The molecular weight excluding hydrogens is 258 g/mol. The van der Waals surface area contributed by atoms with Crippen LogP contribution in [-0.4, -0.2) is 42.0 Å². The largest absolute Gasteiger partial charge is 0.399 e. The van der Waals surface area contributed by atoms with Crippen molar-refractivity contribution in [1.29, 1.82) is 0 Å². The Balaban J connectivity index is 1.70. The molecule has 0 aromatic heterocycles. The third-order valence-electron chi connectivity index (χ3n) is 4.55. The molecule has 3 heteroatoms. The van der Waals surface area contributed by atoms with Crippen molar-refractivity contribution in [3.63, 3.8) is 0 Å². The summed E-state index contributed by atoms with van der Waals surface area (Å²) in [6.07, 6.45) is 9.46. The van der Waals surface area contributed by atoms with Crippen LogP contribution in [0.5, 0.6) is 0 Å². The van der Waals surface area contributed by atoms with Crippen LogP contribution in [0.3, 0.4) is 0 Å². The normalized spacial score (nSPS) is 22.6. The highest BCUT2D eigenvalue weighted by Gasteiger charge is 2.24. The quantitative estimate of drug-likeness (QED) is 0.862. The van der Waals surface area contributed by atoms with Gasteiger partial charge in [-0.25, -0.2) is 0 Å². The second-order valence-electron chi connectivity index (χ2n) is 5.99. The predicted octanol–water partition coefficient (Wildman–Crippen LogP) is 2.97. The number of benzene rings is 1. The highest BCUT2D eigenvalue weighted by Crippen LogP contribution is 2.23. The van der Waals surface area contributed by atoms with Gasteiger partial charge in [0.25, 0.3) is 0 Å². The second kappa shape index (κ2) is 6.35. The van der Waals surface area contributed by atoms with E-state index in [1.54, 1.807) is 0 Å². The van der Waals surface area contributed by atoms with Gasteiger partial charge in [0.05, 0.1) is 0 Å². The van der Waals surface area contributed by atoms with E-state index in [9.17, 15) is 0 Å².